The van der Waals surface area contributed by atoms with Crippen LogP contribution in [-0.4, -0.2) is 37.6 Å². The summed E-state index contributed by atoms with van der Waals surface area (Å²) in [7, 11) is 3.28. The topological polar surface area (TPSA) is 38.8 Å². The van der Waals surface area contributed by atoms with Crippen LogP contribution in [0.5, 0.6) is 11.5 Å². The molecule has 0 unspecified atom stereocenters. The summed E-state index contributed by atoms with van der Waals surface area (Å²) in [6.07, 6.45) is 3.21. The number of carbonyl (C=O) groups is 1. The molecule has 0 N–H and O–H groups in total. The van der Waals surface area contributed by atoms with Crippen LogP contribution in [0.3, 0.4) is 0 Å². The molecule has 0 radical (unpaired) electrons. The highest BCUT2D eigenvalue weighted by Crippen LogP contribution is 2.34. The van der Waals surface area contributed by atoms with E-state index in [-0.39, 0.29) is 5.91 Å². The number of likely N-dealkylation sites (tertiary alicyclic amines) is 1. The van der Waals surface area contributed by atoms with E-state index in [0.29, 0.717) is 6.04 Å². The highest BCUT2D eigenvalue weighted by molar-refractivity contribution is 5.96. The molecule has 0 spiro atoms. The van der Waals surface area contributed by atoms with E-state index in [9.17, 15) is 4.79 Å². The molecule has 4 heteroatoms. The summed E-state index contributed by atoms with van der Waals surface area (Å²) >= 11 is 0. The van der Waals surface area contributed by atoms with E-state index in [1.807, 2.05) is 47.4 Å². The van der Waals surface area contributed by atoms with Crippen molar-refractivity contribution in [1.82, 2.24) is 4.90 Å². The maximum atomic E-state index is 12.9. The first-order valence-electron chi connectivity index (χ1n) is 8.81. The van der Waals surface area contributed by atoms with Crippen LogP contribution in [0.15, 0.2) is 42.5 Å². The second-order valence-corrected chi connectivity index (χ2v) is 6.35. The lowest BCUT2D eigenvalue weighted by Crippen LogP contribution is -2.35. The highest BCUT2D eigenvalue weighted by atomic mass is 16.5. The van der Waals surface area contributed by atoms with E-state index in [4.69, 9.17) is 9.47 Å². The van der Waals surface area contributed by atoms with Gasteiger partial charge in [-0.25, -0.2) is 0 Å². The third-order valence-electron chi connectivity index (χ3n) is 4.94. The minimum absolute atomic E-state index is 0.124. The van der Waals surface area contributed by atoms with Gasteiger partial charge >= 0.3 is 0 Å². The van der Waals surface area contributed by atoms with E-state index in [2.05, 4.69) is 6.92 Å². The smallest absolute Gasteiger partial charge is 0.254 e. The zero-order chi connectivity index (χ0) is 17.8. The fourth-order valence-corrected chi connectivity index (χ4v) is 3.55. The van der Waals surface area contributed by atoms with Gasteiger partial charge in [-0.2, -0.15) is 0 Å². The summed E-state index contributed by atoms with van der Waals surface area (Å²) in [5.41, 5.74) is 2.65. The van der Waals surface area contributed by atoms with Crippen molar-refractivity contribution in [3.8, 4) is 22.6 Å². The normalized spacial score (nSPS) is 16.8. The average molecular weight is 339 g/mol. The van der Waals surface area contributed by atoms with Crippen molar-refractivity contribution >= 4 is 5.91 Å². The zero-order valence-corrected chi connectivity index (χ0v) is 15.1. The summed E-state index contributed by atoms with van der Waals surface area (Å²) in [5, 5.41) is 0. The molecule has 1 amide bonds. The van der Waals surface area contributed by atoms with Crippen molar-refractivity contribution in [2.75, 3.05) is 20.8 Å². The van der Waals surface area contributed by atoms with E-state index >= 15 is 0 Å². The number of carbonyl (C=O) groups excluding carboxylic acids is 1. The molecule has 132 valence electrons. The lowest BCUT2D eigenvalue weighted by Gasteiger charge is -2.24. The summed E-state index contributed by atoms with van der Waals surface area (Å²) < 4.78 is 10.8. The highest BCUT2D eigenvalue weighted by Gasteiger charge is 2.28. The molecule has 1 fully saturated rings. The Balaban J connectivity index is 1.93. The zero-order valence-electron chi connectivity index (χ0n) is 15.1. The molecule has 1 atom stereocenters. The molecule has 3 rings (SSSR count). The lowest BCUT2D eigenvalue weighted by molar-refractivity contribution is 0.0733. The van der Waals surface area contributed by atoms with Gasteiger partial charge in [0.1, 0.15) is 11.5 Å². The Kier molecular flexibility index (Phi) is 5.27. The minimum Gasteiger partial charge on any atom is -0.497 e. The molecule has 25 heavy (non-hydrogen) atoms. The molecular weight excluding hydrogens is 314 g/mol. The molecule has 2 aromatic carbocycles. The Labute approximate surface area is 149 Å². The van der Waals surface area contributed by atoms with Crippen molar-refractivity contribution in [3.05, 3.63) is 48.0 Å². The van der Waals surface area contributed by atoms with Crippen LogP contribution >= 0.6 is 0 Å². The van der Waals surface area contributed by atoms with Crippen molar-refractivity contribution in [3.63, 3.8) is 0 Å². The van der Waals surface area contributed by atoms with E-state index in [1.54, 1.807) is 14.2 Å². The number of rotatable bonds is 5. The molecule has 2 aromatic rings. The molecule has 0 saturated carbocycles. The van der Waals surface area contributed by atoms with E-state index < -0.39 is 0 Å². The average Bonchev–Trinajstić information content (AvgIpc) is 3.15. The van der Waals surface area contributed by atoms with Gasteiger partial charge in [-0.15, -0.1) is 0 Å². The molecule has 0 aromatic heterocycles. The van der Waals surface area contributed by atoms with Gasteiger partial charge < -0.3 is 14.4 Å². The van der Waals surface area contributed by atoms with Crippen LogP contribution in [0, 0.1) is 0 Å². The van der Waals surface area contributed by atoms with Crippen LogP contribution < -0.4 is 9.47 Å². The van der Waals surface area contributed by atoms with Crippen LogP contribution in [0.4, 0.5) is 0 Å². The Hall–Kier alpha value is -2.49. The summed E-state index contributed by atoms with van der Waals surface area (Å²) in [6, 6.07) is 13.9. The summed E-state index contributed by atoms with van der Waals surface area (Å²) in [4.78, 5) is 14.9. The predicted octanol–water partition coefficient (Wildman–Crippen LogP) is 4.39. The number of hydrogen-bond donors (Lipinski definition) is 0. The molecule has 1 aliphatic rings. The van der Waals surface area contributed by atoms with Gasteiger partial charge in [-0.05, 0) is 49.1 Å². The number of benzene rings is 2. The largest absolute Gasteiger partial charge is 0.497 e. The monoisotopic (exact) mass is 339 g/mol. The molecule has 1 heterocycles. The summed E-state index contributed by atoms with van der Waals surface area (Å²) in [5.74, 6) is 1.60. The first-order chi connectivity index (χ1) is 12.2. The number of hydrogen-bond acceptors (Lipinski definition) is 3. The fourth-order valence-electron chi connectivity index (χ4n) is 3.55. The van der Waals surface area contributed by atoms with E-state index in [1.165, 1.54) is 0 Å². The Morgan fingerprint density at radius 3 is 2.72 bits per heavy atom. The third kappa shape index (κ3) is 3.48. The first-order valence-corrected chi connectivity index (χ1v) is 8.81. The van der Waals surface area contributed by atoms with Gasteiger partial charge in [0.15, 0.2) is 0 Å². The maximum absolute atomic E-state index is 12.9. The standard InChI is InChI=1S/C21H25NO3/c1-4-17-9-6-12-22(17)21(23)16-8-5-7-15(13-16)19-11-10-18(24-2)14-20(19)25-3/h5,7-8,10-11,13-14,17H,4,6,9,12H2,1-3H3/t17-/m1/s1. The third-order valence-corrected chi connectivity index (χ3v) is 4.94. The Morgan fingerprint density at radius 1 is 1.16 bits per heavy atom. The first kappa shape index (κ1) is 17.3. The van der Waals surface area contributed by atoms with Gasteiger partial charge in [0.05, 0.1) is 14.2 Å². The van der Waals surface area contributed by atoms with E-state index in [0.717, 1.165) is 54.0 Å². The molecule has 1 saturated heterocycles. The molecule has 0 bridgehead atoms. The number of amides is 1. The van der Waals surface area contributed by atoms with Crippen LogP contribution in [0.25, 0.3) is 11.1 Å². The van der Waals surface area contributed by atoms with Gasteiger partial charge in [0.2, 0.25) is 0 Å². The van der Waals surface area contributed by atoms with Gasteiger partial charge in [-0.3, -0.25) is 4.79 Å². The quantitative estimate of drug-likeness (QED) is 0.811. The van der Waals surface area contributed by atoms with Crippen molar-refractivity contribution in [1.29, 1.82) is 0 Å². The van der Waals surface area contributed by atoms with Gasteiger partial charge in [-0.1, -0.05) is 19.1 Å². The van der Waals surface area contributed by atoms with Crippen LogP contribution in [0.2, 0.25) is 0 Å². The SMILES string of the molecule is CC[C@@H]1CCCN1C(=O)c1cccc(-c2ccc(OC)cc2OC)c1. The molecule has 4 nitrogen and oxygen atoms in total. The van der Waals surface area contributed by atoms with Crippen molar-refractivity contribution < 1.29 is 14.3 Å². The predicted molar refractivity (Wildman–Crippen MR) is 99.3 cm³/mol. The van der Waals surface area contributed by atoms with Gasteiger partial charge in [0, 0.05) is 29.8 Å². The maximum Gasteiger partial charge on any atom is 0.254 e. The Bertz CT molecular complexity index is 757. The number of methoxy groups -OCH3 is 2. The minimum atomic E-state index is 0.124. The number of nitrogens with zero attached hydrogens (tertiary/aromatic N) is 1. The number of ether oxygens (including phenoxy) is 2. The molecule has 1 aliphatic heterocycles. The second kappa shape index (κ2) is 7.60. The second-order valence-electron chi connectivity index (χ2n) is 6.35. The van der Waals surface area contributed by atoms with Gasteiger partial charge in [0.25, 0.3) is 5.91 Å². The summed E-state index contributed by atoms with van der Waals surface area (Å²) in [6.45, 7) is 3.00. The van der Waals surface area contributed by atoms with Crippen molar-refractivity contribution in [2.45, 2.75) is 32.2 Å². The van der Waals surface area contributed by atoms with Crippen LogP contribution in [-0.2, 0) is 0 Å². The fraction of sp³-hybridized carbons (Fsp3) is 0.381. The van der Waals surface area contributed by atoms with Crippen molar-refractivity contribution in [2.24, 2.45) is 0 Å². The van der Waals surface area contributed by atoms with Crippen LogP contribution in [0.1, 0.15) is 36.5 Å². The Morgan fingerprint density at radius 2 is 2.00 bits per heavy atom. The lowest BCUT2D eigenvalue weighted by atomic mass is 10.0. The molecular formula is C21H25NO3. The molecule has 0 aliphatic carbocycles.